The molecule has 1 saturated heterocycles. The number of likely N-dealkylation sites (tertiary alicyclic amines) is 1. The van der Waals surface area contributed by atoms with E-state index in [4.69, 9.17) is 0 Å². The molecule has 0 radical (unpaired) electrons. The quantitative estimate of drug-likeness (QED) is 0.779. The van der Waals surface area contributed by atoms with Gasteiger partial charge in [-0.3, -0.25) is 4.90 Å². The average molecular weight is 213 g/mol. The first-order chi connectivity index (χ1) is 6.82. The molecule has 0 aromatic rings. The van der Waals surface area contributed by atoms with Gasteiger partial charge >= 0.3 is 0 Å². The van der Waals surface area contributed by atoms with Gasteiger partial charge in [-0.25, -0.2) is 0 Å². The van der Waals surface area contributed by atoms with Gasteiger partial charge in [-0.2, -0.15) is 0 Å². The van der Waals surface area contributed by atoms with Crippen molar-refractivity contribution in [3.63, 3.8) is 0 Å². The molecule has 0 saturated carbocycles. The summed E-state index contributed by atoms with van der Waals surface area (Å²) >= 11 is 0. The van der Waals surface area contributed by atoms with Crippen molar-refractivity contribution in [3.05, 3.63) is 0 Å². The molecule has 2 nitrogen and oxygen atoms in total. The molecule has 1 rings (SSSR count). The molecular formula is C13H27NO. The molecule has 0 aromatic heterocycles. The first kappa shape index (κ1) is 13.0. The van der Waals surface area contributed by atoms with E-state index in [1.807, 2.05) is 0 Å². The van der Waals surface area contributed by atoms with Gasteiger partial charge in [-0.15, -0.1) is 0 Å². The van der Waals surface area contributed by atoms with E-state index in [0.29, 0.717) is 0 Å². The van der Waals surface area contributed by atoms with E-state index in [-0.39, 0.29) is 17.1 Å². The first-order valence-corrected chi connectivity index (χ1v) is 6.25. The lowest BCUT2D eigenvalue weighted by Gasteiger charge is -2.47. The molecular weight excluding hydrogens is 186 g/mol. The van der Waals surface area contributed by atoms with Crippen LogP contribution in [0.1, 0.15) is 53.9 Å². The number of rotatable bonds is 3. The van der Waals surface area contributed by atoms with E-state index in [1.165, 1.54) is 12.8 Å². The predicted molar refractivity (Wildman–Crippen MR) is 65.0 cm³/mol. The van der Waals surface area contributed by atoms with Crippen molar-refractivity contribution in [2.24, 2.45) is 5.41 Å². The Bertz CT molecular complexity index is 203. The van der Waals surface area contributed by atoms with Gasteiger partial charge in [0.25, 0.3) is 0 Å². The van der Waals surface area contributed by atoms with Crippen molar-refractivity contribution in [1.82, 2.24) is 4.90 Å². The highest BCUT2D eigenvalue weighted by Gasteiger charge is 2.43. The van der Waals surface area contributed by atoms with Crippen molar-refractivity contribution in [2.75, 3.05) is 13.1 Å². The van der Waals surface area contributed by atoms with Crippen LogP contribution in [0.3, 0.4) is 0 Å². The minimum absolute atomic E-state index is 0.0344. The highest BCUT2D eigenvalue weighted by Crippen LogP contribution is 2.36. The van der Waals surface area contributed by atoms with Gasteiger partial charge in [0.05, 0.1) is 6.10 Å². The van der Waals surface area contributed by atoms with Gasteiger partial charge in [0.1, 0.15) is 0 Å². The van der Waals surface area contributed by atoms with Crippen LogP contribution in [0.25, 0.3) is 0 Å². The van der Waals surface area contributed by atoms with Crippen molar-refractivity contribution < 1.29 is 5.11 Å². The second-order valence-electron chi connectivity index (χ2n) is 6.17. The smallest absolute Gasteiger partial charge is 0.0769 e. The summed E-state index contributed by atoms with van der Waals surface area (Å²) in [4.78, 5) is 2.48. The molecule has 1 aliphatic rings. The number of hydrogen-bond acceptors (Lipinski definition) is 2. The highest BCUT2D eigenvalue weighted by molar-refractivity contribution is 4.98. The largest absolute Gasteiger partial charge is 0.391 e. The lowest BCUT2D eigenvalue weighted by atomic mass is 9.75. The molecule has 0 amide bonds. The average Bonchev–Trinajstić information content (AvgIpc) is 2.67. The number of hydrogen-bond donors (Lipinski definition) is 1. The lowest BCUT2D eigenvalue weighted by molar-refractivity contribution is -0.0699. The zero-order chi connectivity index (χ0) is 11.7. The van der Waals surface area contributed by atoms with Crippen molar-refractivity contribution in [1.29, 1.82) is 0 Å². The van der Waals surface area contributed by atoms with Gasteiger partial charge in [0.15, 0.2) is 0 Å². The minimum Gasteiger partial charge on any atom is -0.391 e. The summed E-state index contributed by atoms with van der Waals surface area (Å²) in [5.74, 6) is 0. The van der Waals surface area contributed by atoms with Crippen LogP contribution in [0.2, 0.25) is 0 Å². The Hall–Kier alpha value is -0.0800. The van der Waals surface area contributed by atoms with E-state index in [1.54, 1.807) is 0 Å². The topological polar surface area (TPSA) is 23.5 Å². The van der Waals surface area contributed by atoms with E-state index >= 15 is 0 Å². The third-order valence-electron chi connectivity index (χ3n) is 3.95. The molecule has 1 aliphatic heterocycles. The SMILES string of the molecule is CCC(C)(C(O)C(C)(C)C)N1CCCC1. The van der Waals surface area contributed by atoms with Crippen LogP contribution in [0.4, 0.5) is 0 Å². The molecule has 90 valence electrons. The molecule has 0 aromatic carbocycles. The molecule has 0 spiro atoms. The Balaban J connectivity index is 2.83. The van der Waals surface area contributed by atoms with Crippen molar-refractivity contribution in [2.45, 2.75) is 65.5 Å². The number of nitrogens with zero attached hydrogens (tertiary/aromatic N) is 1. The van der Waals surface area contributed by atoms with Gasteiger partial charge in [-0.05, 0) is 44.7 Å². The summed E-state index contributed by atoms with van der Waals surface area (Å²) in [6, 6.07) is 0. The minimum atomic E-state index is -0.256. The maximum atomic E-state index is 10.5. The summed E-state index contributed by atoms with van der Waals surface area (Å²) in [7, 11) is 0. The van der Waals surface area contributed by atoms with Crippen LogP contribution in [0.15, 0.2) is 0 Å². The van der Waals surface area contributed by atoms with E-state index in [2.05, 4.69) is 39.5 Å². The summed E-state index contributed by atoms with van der Waals surface area (Å²) in [5.41, 5.74) is -0.0812. The Labute approximate surface area is 94.7 Å². The molecule has 0 aliphatic carbocycles. The number of aliphatic hydroxyl groups is 1. The van der Waals surface area contributed by atoms with E-state index < -0.39 is 0 Å². The van der Waals surface area contributed by atoms with Gasteiger partial charge in [-0.1, -0.05) is 27.7 Å². The van der Waals surface area contributed by atoms with Gasteiger partial charge in [0.2, 0.25) is 0 Å². The monoisotopic (exact) mass is 213 g/mol. The van der Waals surface area contributed by atoms with Gasteiger partial charge < -0.3 is 5.11 Å². The zero-order valence-electron chi connectivity index (χ0n) is 11.0. The molecule has 1 heterocycles. The van der Waals surface area contributed by atoms with Crippen LogP contribution in [-0.2, 0) is 0 Å². The predicted octanol–water partition coefficient (Wildman–Crippen LogP) is 2.66. The van der Waals surface area contributed by atoms with Crippen LogP contribution in [0.5, 0.6) is 0 Å². The Morgan fingerprint density at radius 1 is 1.13 bits per heavy atom. The van der Waals surface area contributed by atoms with Crippen LogP contribution >= 0.6 is 0 Å². The standard InChI is InChI=1S/C13H27NO/c1-6-13(5,11(15)12(2,3)4)14-9-7-8-10-14/h11,15H,6-10H2,1-5H3. The second kappa shape index (κ2) is 4.42. The summed E-state index contributed by atoms with van der Waals surface area (Å²) < 4.78 is 0. The zero-order valence-corrected chi connectivity index (χ0v) is 11.0. The Morgan fingerprint density at radius 2 is 1.60 bits per heavy atom. The van der Waals surface area contributed by atoms with E-state index in [0.717, 1.165) is 19.5 Å². The molecule has 2 unspecified atom stereocenters. The lowest BCUT2D eigenvalue weighted by Crippen LogP contribution is -2.57. The molecule has 0 bridgehead atoms. The van der Waals surface area contributed by atoms with Crippen LogP contribution in [-0.4, -0.2) is 34.7 Å². The molecule has 1 fully saturated rings. The normalized spacial score (nSPS) is 25.2. The fraction of sp³-hybridized carbons (Fsp3) is 1.00. The fourth-order valence-corrected chi connectivity index (χ4v) is 2.75. The Kier molecular flexibility index (Phi) is 3.83. The molecule has 2 atom stereocenters. The van der Waals surface area contributed by atoms with Crippen LogP contribution < -0.4 is 0 Å². The fourth-order valence-electron chi connectivity index (χ4n) is 2.75. The maximum absolute atomic E-state index is 10.5. The summed E-state index contributed by atoms with van der Waals surface area (Å²) in [6.45, 7) is 13.1. The van der Waals surface area contributed by atoms with E-state index in [9.17, 15) is 5.11 Å². The highest BCUT2D eigenvalue weighted by atomic mass is 16.3. The molecule has 15 heavy (non-hydrogen) atoms. The molecule has 2 heteroatoms. The summed E-state index contributed by atoms with van der Waals surface area (Å²) in [6.07, 6.45) is 3.33. The third-order valence-corrected chi connectivity index (χ3v) is 3.95. The summed E-state index contributed by atoms with van der Waals surface area (Å²) in [5, 5.41) is 10.5. The second-order valence-corrected chi connectivity index (χ2v) is 6.17. The third kappa shape index (κ3) is 2.54. The molecule has 1 N–H and O–H groups in total. The number of aliphatic hydroxyl groups excluding tert-OH is 1. The maximum Gasteiger partial charge on any atom is 0.0769 e. The van der Waals surface area contributed by atoms with Crippen molar-refractivity contribution in [3.8, 4) is 0 Å². The first-order valence-electron chi connectivity index (χ1n) is 6.25. The Morgan fingerprint density at radius 3 is 1.93 bits per heavy atom. The van der Waals surface area contributed by atoms with Crippen molar-refractivity contribution >= 4 is 0 Å². The van der Waals surface area contributed by atoms with Crippen LogP contribution in [0, 0.1) is 5.41 Å². The van der Waals surface area contributed by atoms with Gasteiger partial charge in [0, 0.05) is 5.54 Å².